The number of carbonyl (C=O) groups is 1. The number of carbonyl (C=O) groups excluding carboxylic acids is 1. The number of rotatable bonds is 5. The second-order valence-electron chi connectivity index (χ2n) is 5.39. The van der Waals surface area contributed by atoms with Crippen molar-refractivity contribution in [3.05, 3.63) is 28.2 Å². The van der Waals surface area contributed by atoms with E-state index >= 15 is 0 Å². The number of nitriles is 1. The Hall–Kier alpha value is -1.54. The number of hydrogen-bond acceptors (Lipinski definition) is 3. The molecule has 0 spiro atoms. The van der Waals surface area contributed by atoms with Crippen LogP contribution in [0.2, 0.25) is 0 Å². The van der Waals surface area contributed by atoms with Gasteiger partial charge in [0.25, 0.3) is 0 Å². The molecule has 0 saturated heterocycles. The zero-order chi connectivity index (χ0) is 15.3. The first-order valence-electron chi connectivity index (χ1n) is 6.57. The third-order valence-electron chi connectivity index (χ3n) is 3.21. The van der Waals surface area contributed by atoms with Crippen molar-refractivity contribution in [1.82, 2.24) is 5.32 Å². The summed E-state index contributed by atoms with van der Waals surface area (Å²) in [4.78, 5) is 12.1. The van der Waals surface area contributed by atoms with Crippen LogP contribution in [0, 0.1) is 11.3 Å². The van der Waals surface area contributed by atoms with E-state index in [1.54, 1.807) is 19.1 Å². The maximum atomic E-state index is 12.1. The summed E-state index contributed by atoms with van der Waals surface area (Å²) < 4.78 is 0.837. The standard InChI is InChI=1S/C15H20BrN3O/c1-5-15(3,4)19-14(20)10(2)18-13-7-6-12(16)8-11(13)9-17/h6-8,10,18H,5H2,1-4H3,(H,19,20). The molecule has 0 radical (unpaired) electrons. The van der Waals surface area contributed by atoms with Gasteiger partial charge in [0.1, 0.15) is 12.1 Å². The fourth-order valence-electron chi connectivity index (χ4n) is 1.56. The molecule has 0 aliphatic carbocycles. The maximum absolute atomic E-state index is 12.1. The molecule has 4 nitrogen and oxygen atoms in total. The summed E-state index contributed by atoms with van der Waals surface area (Å²) in [5.74, 6) is -0.0799. The van der Waals surface area contributed by atoms with E-state index in [-0.39, 0.29) is 11.4 Å². The Morgan fingerprint density at radius 2 is 2.15 bits per heavy atom. The first kappa shape index (κ1) is 16.5. The third-order valence-corrected chi connectivity index (χ3v) is 3.71. The van der Waals surface area contributed by atoms with E-state index in [1.807, 2.05) is 26.8 Å². The molecule has 1 atom stereocenters. The molecule has 0 fully saturated rings. The molecular formula is C15H20BrN3O. The first-order chi connectivity index (χ1) is 9.29. The topological polar surface area (TPSA) is 64.9 Å². The second-order valence-corrected chi connectivity index (χ2v) is 6.31. The monoisotopic (exact) mass is 337 g/mol. The Balaban J connectivity index is 2.79. The Morgan fingerprint density at radius 1 is 1.50 bits per heavy atom. The van der Waals surface area contributed by atoms with Gasteiger partial charge in [0.15, 0.2) is 0 Å². The largest absolute Gasteiger partial charge is 0.373 e. The normalized spacial score (nSPS) is 12.4. The Labute approximate surface area is 128 Å². The lowest BCUT2D eigenvalue weighted by Gasteiger charge is -2.27. The lowest BCUT2D eigenvalue weighted by molar-refractivity contribution is -0.123. The van der Waals surface area contributed by atoms with Gasteiger partial charge in [0.05, 0.1) is 11.3 Å². The number of hydrogen-bond donors (Lipinski definition) is 2. The molecule has 1 unspecified atom stereocenters. The van der Waals surface area contributed by atoms with Crippen LogP contribution in [0.4, 0.5) is 5.69 Å². The van der Waals surface area contributed by atoms with Gasteiger partial charge in [-0.05, 0) is 45.4 Å². The summed E-state index contributed by atoms with van der Waals surface area (Å²) in [7, 11) is 0. The highest BCUT2D eigenvalue weighted by molar-refractivity contribution is 9.10. The minimum absolute atomic E-state index is 0.0799. The number of halogens is 1. The van der Waals surface area contributed by atoms with Crippen LogP contribution in [0.25, 0.3) is 0 Å². The average molecular weight is 338 g/mol. The SMILES string of the molecule is CCC(C)(C)NC(=O)C(C)Nc1ccc(Br)cc1C#N. The van der Waals surface area contributed by atoms with E-state index < -0.39 is 6.04 Å². The minimum Gasteiger partial charge on any atom is -0.373 e. The number of nitrogens with zero attached hydrogens (tertiary/aromatic N) is 1. The lowest BCUT2D eigenvalue weighted by atomic mass is 10.0. The van der Waals surface area contributed by atoms with E-state index in [2.05, 4.69) is 32.6 Å². The third kappa shape index (κ3) is 4.53. The zero-order valence-electron chi connectivity index (χ0n) is 12.2. The number of amides is 1. The van der Waals surface area contributed by atoms with Crippen molar-refractivity contribution in [2.75, 3.05) is 5.32 Å². The fourth-order valence-corrected chi connectivity index (χ4v) is 1.92. The van der Waals surface area contributed by atoms with Gasteiger partial charge < -0.3 is 10.6 Å². The van der Waals surface area contributed by atoms with Crippen molar-refractivity contribution in [1.29, 1.82) is 5.26 Å². The highest BCUT2D eigenvalue weighted by Crippen LogP contribution is 2.21. The zero-order valence-corrected chi connectivity index (χ0v) is 13.8. The smallest absolute Gasteiger partial charge is 0.242 e. The molecule has 0 aromatic heterocycles. The Bertz CT molecular complexity index is 534. The number of anilines is 1. The van der Waals surface area contributed by atoms with Gasteiger partial charge >= 0.3 is 0 Å². The molecule has 0 aliphatic heterocycles. The van der Waals surface area contributed by atoms with Gasteiger partial charge in [0.2, 0.25) is 5.91 Å². The first-order valence-corrected chi connectivity index (χ1v) is 7.36. The van der Waals surface area contributed by atoms with E-state index in [9.17, 15) is 4.79 Å². The Morgan fingerprint density at radius 3 is 2.70 bits per heavy atom. The molecule has 1 aromatic rings. The van der Waals surface area contributed by atoms with Gasteiger partial charge in [-0.3, -0.25) is 4.79 Å². The second kappa shape index (κ2) is 6.76. The van der Waals surface area contributed by atoms with E-state index in [0.29, 0.717) is 11.3 Å². The predicted molar refractivity (Wildman–Crippen MR) is 84.5 cm³/mol. The van der Waals surface area contributed by atoms with Gasteiger partial charge in [0, 0.05) is 10.0 Å². The van der Waals surface area contributed by atoms with Gasteiger partial charge in [-0.25, -0.2) is 0 Å². The van der Waals surface area contributed by atoms with Crippen LogP contribution in [0.5, 0.6) is 0 Å². The van der Waals surface area contributed by atoms with Crippen LogP contribution in [0.3, 0.4) is 0 Å². The molecule has 2 N–H and O–H groups in total. The molecule has 1 rings (SSSR count). The molecule has 108 valence electrons. The van der Waals surface area contributed by atoms with Crippen LogP contribution in [0.1, 0.15) is 39.7 Å². The summed E-state index contributed by atoms with van der Waals surface area (Å²) in [5.41, 5.74) is 0.937. The van der Waals surface area contributed by atoms with Crippen molar-refractivity contribution in [2.24, 2.45) is 0 Å². The minimum atomic E-state index is -0.408. The Kier molecular flexibility index (Phi) is 5.58. The molecule has 0 saturated carbocycles. The van der Waals surface area contributed by atoms with Gasteiger partial charge in [-0.1, -0.05) is 22.9 Å². The molecule has 1 aromatic carbocycles. The quantitative estimate of drug-likeness (QED) is 0.865. The average Bonchev–Trinajstić information content (AvgIpc) is 2.40. The fraction of sp³-hybridized carbons (Fsp3) is 0.467. The molecular weight excluding hydrogens is 318 g/mol. The van der Waals surface area contributed by atoms with Crippen molar-refractivity contribution in [3.8, 4) is 6.07 Å². The summed E-state index contributed by atoms with van der Waals surface area (Å²) in [6, 6.07) is 7.06. The van der Waals surface area contributed by atoms with Crippen LogP contribution >= 0.6 is 15.9 Å². The molecule has 5 heteroatoms. The highest BCUT2D eigenvalue weighted by atomic mass is 79.9. The summed E-state index contributed by atoms with van der Waals surface area (Å²) in [6.07, 6.45) is 0.854. The van der Waals surface area contributed by atoms with Crippen LogP contribution < -0.4 is 10.6 Å². The van der Waals surface area contributed by atoms with E-state index in [1.165, 1.54) is 0 Å². The van der Waals surface area contributed by atoms with Crippen molar-refractivity contribution in [3.63, 3.8) is 0 Å². The molecule has 0 heterocycles. The van der Waals surface area contributed by atoms with Crippen molar-refractivity contribution >= 4 is 27.5 Å². The predicted octanol–water partition coefficient (Wildman–Crippen LogP) is 3.43. The summed E-state index contributed by atoms with van der Waals surface area (Å²) >= 11 is 3.32. The molecule has 1 amide bonds. The summed E-state index contributed by atoms with van der Waals surface area (Å²) in [6.45, 7) is 7.78. The van der Waals surface area contributed by atoms with Crippen LogP contribution in [-0.2, 0) is 4.79 Å². The van der Waals surface area contributed by atoms with Crippen LogP contribution in [-0.4, -0.2) is 17.5 Å². The lowest BCUT2D eigenvalue weighted by Crippen LogP contribution is -2.48. The highest BCUT2D eigenvalue weighted by Gasteiger charge is 2.22. The number of nitrogens with one attached hydrogen (secondary N) is 2. The van der Waals surface area contributed by atoms with E-state index in [0.717, 1.165) is 10.9 Å². The number of benzene rings is 1. The van der Waals surface area contributed by atoms with Gasteiger partial charge in [-0.2, -0.15) is 5.26 Å². The van der Waals surface area contributed by atoms with Gasteiger partial charge in [-0.15, -0.1) is 0 Å². The van der Waals surface area contributed by atoms with Crippen LogP contribution in [0.15, 0.2) is 22.7 Å². The molecule has 0 aliphatic rings. The summed E-state index contributed by atoms with van der Waals surface area (Å²) in [5, 5.41) is 15.2. The van der Waals surface area contributed by atoms with Crippen molar-refractivity contribution < 1.29 is 4.79 Å². The van der Waals surface area contributed by atoms with Crippen molar-refractivity contribution in [2.45, 2.75) is 45.7 Å². The van der Waals surface area contributed by atoms with E-state index in [4.69, 9.17) is 5.26 Å². The maximum Gasteiger partial charge on any atom is 0.242 e. The molecule has 20 heavy (non-hydrogen) atoms. The molecule has 0 bridgehead atoms.